The highest BCUT2D eigenvalue weighted by Crippen LogP contribution is 2.04. The molecule has 1 aliphatic rings. The largest absolute Gasteiger partial charge is 0.306 e. The molecule has 4 heteroatoms. The summed E-state index contributed by atoms with van der Waals surface area (Å²) in [5.74, 6) is -0.568. The number of hydrogen-bond donors (Lipinski definition) is 2. The van der Waals surface area contributed by atoms with Gasteiger partial charge < -0.3 is 5.32 Å². The molecule has 13 heavy (non-hydrogen) atoms. The van der Waals surface area contributed by atoms with E-state index in [-0.39, 0.29) is 17.9 Å². The van der Waals surface area contributed by atoms with Crippen LogP contribution in [0, 0.1) is 0 Å². The van der Waals surface area contributed by atoms with Crippen LogP contribution in [-0.2, 0) is 9.59 Å². The first kappa shape index (κ1) is 9.92. The second-order valence-corrected chi connectivity index (χ2v) is 3.00. The molecule has 1 rings (SSSR count). The molecule has 0 aromatic carbocycles. The van der Waals surface area contributed by atoms with Gasteiger partial charge in [-0.1, -0.05) is 6.08 Å². The molecule has 1 fully saturated rings. The minimum absolute atomic E-state index is 0.186. The van der Waals surface area contributed by atoms with Gasteiger partial charge in [0.15, 0.2) is 0 Å². The summed E-state index contributed by atoms with van der Waals surface area (Å²) in [5, 5.41) is 5.31. The lowest BCUT2D eigenvalue weighted by Gasteiger charge is -2.07. The van der Waals surface area contributed by atoms with Gasteiger partial charge in [0.05, 0.1) is 6.04 Å². The van der Waals surface area contributed by atoms with E-state index in [1.165, 1.54) is 6.08 Å². The number of carbonyl (C=O) groups excluding carboxylic acids is 2. The summed E-state index contributed by atoms with van der Waals surface area (Å²) in [5.41, 5.74) is 0. The maximum absolute atomic E-state index is 11.3. The highest BCUT2D eigenvalue weighted by molar-refractivity contribution is 6.02. The van der Waals surface area contributed by atoms with Gasteiger partial charge in [-0.15, -0.1) is 0 Å². The van der Waals surface area contributed by atoms with E-state index < -0.39 is 0 Å². The van der Waals surface area contributed by atoms with Crippen LogP contribution in [0.4, 0.5) is 0 Å². The van der Waals surface area contributed by atoms with Gasteiger partial charge in [-0.2, -0.15) is 0 Å². The predicted molar refractivity (Wildman–Crippen MR) is 49.0 cm³/mol. The second-order valence-electron chi connectivity index (χ2n) is 3.00. The molecule has 0 aliphatic carbocycles. The number of nitrogens with one attached hydrogen (secondary N) is 2. The number of carbonyl (C=O) groups is 2. The summed E-state index contributed by atoms with van der Waals surface area (Å²) in [4.78, 5) is 22.3. The molecule has 1 aliphatic heterocycles. The number of allylic oxidation sites excluding steroid dienone is 1. The van der Waals surface area contributed by atoms with Gasteiger partial charge in [0, 0.05) is 0 Å². The molecule has 2 N–H and O–H groups in total. The number of amides is 2. The van der Waals surface area contributed by atoms with Crippen molar-refractivity contribution in [2.45, 2.75) is 25.8 Å². The van der Waals surface area contributed by atoms with Crippen LogP contribution in [0.5, 0.6) is 0 Å². The summed E-state index contributed by atoms with van der Waals surface area (Å²) >= 11 is 0. The van der Waals surface area contributed by atoms with Crippen molar-refractivity contribution in [1.82, 2.24) is 10.6 Å². The first-order chi connectivity index (χ1) is 6.24. The molecule has 2 amide bonds. The average Bonchev–Trinajstić information content (AvgIpc) is 2.55. The second kappa shape index (κ2) is 4.77. The van der Waals surface area contributed by atoms with Crippen molar-refractivity contribution < 1.29 is 9.59 Å². The van der Waals surface area contributed by atoms with Crippen molar-refractivity contribution in [3.05, 3.63) is 12.2 Å². The Morgan fingerprint density at radius 1 is 1.54 bits per heavy atom. The Morgan fingerprint density at radius 3 is 2.85 bits per heavy atom. The molecule has 0 aromatic heterocycles. The Kier molecular flexibility index (Phi) is 3.64. The maximum Gasteiger partial charge on any atom is 0.250 e. The van der Waals surface area contributed by atoms with Crippen molar-refractivity contribution in [2.24, 2.45) is 0 Å². The number of imide groups is 1. The SMILES string of the molecule is C/C=C/C(=O)NC(=O)[C@@H]1CCCN1. The summed E-state index contributed by atoms with van der Waals surface area (Å²) in [6.45, 7) is 2.59. The summed E-state index contributed by atoms with van der Waals surface area (Å²) in [6.07, 6.45) is 4.75. The Labute approximate surface area is 77.4 Å². The van der Waals surface area contributed by atoms with E-state index in [1.54, 1.807) is 13.0 Å². The van der Waals surface area contributed by atoms with Gasteiger partial charge in [0.1, 0.15) is 0 Å². The molecule has 0 radical (unpaired) electrons. The summed E-state index contributed by atoms with van der Waals surface area (Å²) in [6, 6.07) is -0.186. The Hall–Kier alpha value is -1.16. The smallest absolute Gasteiger partial charge is 0.250 e. The molecular weight excluding hydrogens is 168 g/mol. The van der Waals surface area contributed by atoms with Crippen molar-refractivity contribution >= 4 is 11.8 Å². The molecule has 0 bridgehead atoms. The standard InChI is InChI=1S/C9H14N2O2/c1-2-4-8(12)11-9(13)7-5-3-6-10-7/h2,4,7,10H,3,5-6H2,1H3,(H,11,12,13)/b4-2+/t7-/m0/s1. The van der Waals surface area contributed by atoms with Gasteiger partial charge in [-0.25, -0.2) is 0 Å². The average molecular weight is 182 g/mol. The van der Waals surface area contributed by atoms with Crippen molar-refractivity contribution in [3.8, 4) is 0 Å². The number of rotatable bonds is 2. The van der Waals surface area contributed by atoms with E-state index in [1.807, 2.05) is 0 Å². The van der Waals surface area contributed by atoms with Crippen LogP contribution >= 0.6 is 0 Å². The van der Waals surface area contributed by atoms with Gasteiger partial charge in [-0.05, 0) is 32.4 Å². The molecule has 0 saturated carbocycles. The predicted octanol–water partition coefficient (Wildman–Crippen LogP) is -0.0427. The molecule has 0 unspecified atom stereocenters. The lowest BCUT2D eigenvalue weighted by Crippen LogP contribution is -2.42. The Morgan fingerprint density at radius 2 is 2.31 bits per heavy atom. The fourth-order valence-corrected chi connectivity index (χ4v) is 1.31. The van der Waals surface area contributed by atoms with Gasteiger partial charge in [0.25, 0.3) is 0 Å². The van der Waals surface area contributed by atoms with Gasteiger partial charge in [-0.3, -0.25) is 14.9 Å². The van der Waals surface area contributed by atoms with Crippen LogP contribution in [0.3, 0.4) is 0 Å². The van der Waals surface area contributed by atoms with Gasteiger partial charge >= 0.3 is 0 Å². The van der Waals surface area contributed by atoms with Crippen LogP contribution in [0.25, 0.3) is 0 Å². The Bertz CT molecular complexity index is 230. The Balaban J connectivity index is 2.35. The molecule has 4 nitrogen and oxygen atoms in total. The zero-order valence-corrected chi connectivity index (χ0v) is 7.67. The maximum atomic E-state index is 11.3. The topological polar surface area (TPSA) is 58.2 Å². The lowest BCUT2D eigenvalue weighted by molar-refractivity contribution is -0.129. The summed E-state index contributed by atoms with van der Waals surface area (Å²) < 4.78 is 0. The zero-order valence-electron chi connectivity index (χ0n) is 7.67. The molecule has 0 aromatic rings. The molecule has 1 heterocycles. The normalized spacial score (nSPS) is 22.1. The van der Waals surface area contributed by atoms with Crippen LogP contribution < -0.4 is 10.6 Å². The summed E-state index contributed by atoms with van der Waals surface area (Å²) in [7, 11) is 0. The van der Waals surface area contributed by atoms with Crippen molar-refractivity contribution in [1.29, 1.82) is 0 Å². The first-order valence-electron chi connectivity index (χ1n) is 4.45. The van der Waals surface area contributed by atoms with Crippen LogP contribution in [0.2, 0.25) is 0 Å². The van der Waals surface area contributed by atoms with E-state index in [9.17, 15) is 9.59 Å². The van der Waals surface area contributed by atoms with E-state index >= 15 is 0 Å². The van der Waals surface area contributed by atoms with E-state index in [0.717, 1.165) is 19.4 Å². The van der Waals surface area contributed by atoms with E-state index in [2.05, 4.69) is 10.6 Å². The van der Waals surface area contributed by atoms with Crippen molar-refractivity contribution in [2.75, 3.05) is 6.54 Å². The third kappa shape index (κ3) is 2.99. The van der Waals surface area contributed by atoms with E-state index in [0.29, 0.717) is 0 Å². The fourth-order valence-electron chi connectivity index (χ4n) is 1.31. The van der Waals surface area contributed by atoms with Crippen LogP contribution in [-0.4, -0.2) is 24.4 Å². The monoisotopic (exact) mass is 182 g/mol. The third-order valence-corrected chi connectivity index (χ3v) is 1.94. The molecule has 1 saturated heterocycles. The van der Waals surface area contributed by atoms with Gasteiger partial charge in [0.2, 0.25) is 11.8 Å². The first-order valence-corrected chi connectivity index (χ1v) is 4.45. The molecule has 1 atom stereocenters. The zero-order chi connectivity index (χ0) is 9.68. The fraction of sp³-hybridized carbons (Fsp3) is 0.556. The van der Waals surface area contributed by atoms with E-state index in [4.69, 9.17) is 0 Å². The minimum Gasteiger partial charge on any atom is -0.306 e. The molecule has 72 valence electrons. The van der Waals surface area contributed by atoms with Crippen molar-refractivity contribution in [3.63, 3.8) is 0 Å². The number of hydrogen-bond acceptors (Lipinski definition) is 3. The lowest BCUT2D eigenvalue weighted by atomic mass is 10.2. The highest BCUT2D eigenvalue weighted by Gasteiger charge is 2.22. The minimum atomic E-state index is -0.346. The quantitative estimate of drug-likeness (QED) is 0.589. The third-order valence-electron chi connectivity index (χ3n) is 1.94. The van der Waals surface area contributed by atoms with Crippen LogP contribution in [0.15, 0.2) is 12.2 Å². The molecular formula is C9H14N2O2. The highest BCUT2D eigenvalue weighted by atomic mass is 16.2. The molecule has 0 spiro atoms. The van der Waals surface area contributed by atoms with Crippen LogP contribution in [0.1, 0.15) is 19.8 Å².